The molecule has 33 heavy (non-hydrogen) atoms. The number of thioether (sulfide) groups is 1. The average Bonchev–Trinajstić information content (AvgIpc) is 3.46. The molecule has 1 atom stereocenters. The second-order valence-corrected chi connectivity index (χ2v) is 10.5. The maximum atomic E-state index is 13.0. The van der Waals surface area contributed by atoms with Crippen LogP contribution in [-0.4, -0.2) is 67.8 Å². The first-order valence-electron chi connectivity index (χ1n) is 11.4. The number of amides is 2. The van der Waals surface area contributed by atoms with Gasteiger partial charge in [0.2, 0.25) is 11.8 Å². The van der Waals surface area contributed by atoms with Gasteiger partial charge in [-0.2, -0.15) is 0 Å². The molecule has 2 aromatic heterocycles. The lowest BCUT2D eigenvalue weighted by Gasteiger charge is -2.42. The fourth-order valence-electron chi connectivity index (χ4n) is 4.36. The number of carbonyl (C=O) groups excluding carboxylic acids is 2. The number of hydrogen-bond donors (Lipinski definition) is 0. The Bertz CT molecular complexity index is 1110. The Balaban J connectivity index is 1.26. The molecule has 2 amide bonds. The van der Waals surface area contributed by atoms with E-state index in [1.807, 2.05) is 69.1 Å². The normalized spacial score (nSPS) is 18.9. The van der Waals surface area contributed by atoms with E-state index in [1.165, 1.54) is 11.8 Å². The molecule has 2 fully saturated rings. The Hall–Kier alpha value is -2.65. The Morgan fingerprint density at radius 3 is 2.58 bits per heavy atom. The lowest BCUT2D eigenvalue weighted by atomic mass is 9.84. The van der Waals surface area contributed by atoms with Crippen molar-refractivity contribution in [3.63, 3.8) is 0 Å². The zero-order chi connectivity index (χ0) is 22.8. The van der Waals surface area contributed by atoms with Crippen molar-refractivity contribution in [2.24, 2.45) is 5.92 Å². The summed E-state index contributed by atoms with van der Waals surface area (Å²) in [4.78, 5) is 30.6. The zero-order valence-electron chi connectivity index (χ0n) is 18.6. The summed E-state index contributed by atoms with van der Waals surface area (Å²) in [6, 6.07) is 14.1. The first-order chi connectivity index (χ1) is 16.1. The minimum absolute atomic E-state index is 0.0548. The molecular weight excluding hydrogens is 454 g/mol. The lowest BCUT2D eigenvalue weighted by molar-refractivity contribution is -0.146. The van der Waals surface area contributed by atoms with Crippen molar-refractivity contribution in [1.82, 2.24) is 24.6 Å². The van der Waals surface area contributed by atoms with Crippen LogP contribution in [0.3, 0.4) is 0 Å². The fourth-order valence-corrected chi connectivity index (χ4v) is 5.91. The number of piperazine rings is 1. The van der Waals surface area contributed by atoms with Gasteiger partial charge >= 0.3 is 0 Å². The molecule has 7 nitrogen and oxygen atoms in total. The van der Waals surface area contributed by atoms with Crippen molar-refractivity contribution >= 4 is 34.9 Å². The predicted octanol–water partition coefficient (Wildman–Crippen LogP) is 3.95. The number of aromatic nitrogens is 3. The number of carbonyl (C=O) groups is 2. The van der Waals surface area contributed by atoms with Crippen molar-refractivity contribution in [2.45, 2.75) is 37.4 Å². The van der Waals surface area contributed by atoms with Crippen LogP contribution in [0.25, 0.3) is 16.4 Å². The molecule has 1 saturated heterocycles. The number of thiophene rings is 1. The highest BCUT2D eigenvalue weighted by molar-refractivity contribution is 7.99. The molecule has 172 valence electrons. The van der Waals surface area contributed by atoms with Crippen LogP contribution in [0.5, 0.6) is 0 Å². The first kappa shape index (κ1) is 22.2. The summed E-state index contributed by atoms with van der Waals surface area (Å²) in [5.41, 5.74) is 0.970. The van der Waals surface area contributed by atoms with E-state index in [0.29, 0.717) is 30.5 Å². The van der Waals surface area contributed by atoms with Crippen molar-refractivity contribution < 1.29 is 9.59 Å². The summed E-state index contributed by atoms with van der Waals surface area (Å²) in [5.74, 6) is 1.61. The van der Waals surface area contributed by atoms with Gasteiger partial charge in [0, 0.05) is 37.3 Å². The quantitative estimate of drug-likeness (QED) is 0.499. The molecule has 9 heteroatoms. The number of benzene rings is 1. The van der Waals surface area contributed by atoms with Gasteiger partial charge in [0.1, 0.15) is 0 Å². The van der Waals surface area contributed by atoms with E-state index in [-0.39, 0.29) is 23.8 Å². The van der Waals surface area contributed by atoms with Crippen molar-refractivity contribution in [3.8, 4) is 16.4 Å². The molecule has 0 spiro atoms. The van der Waals surface area contributed by atoms with E-state index in [9.17, 15) is 9.59 Å². The second-order valence-electron chi connectivity index (χ2n) is 8.59. The molecular formula is C24H27N5O2S2. The molecule has 0 bridgehead atoms. The Morgan fingerprint density at radius 1 is 1.09 bits per heavy atom. The number of rotatable bonds is 6. The standard InChI is InChI=1S/C24H27N5O2S2/c1-17-15-27(12-13-28(17)23(31)18-7-5-8-18)21(30)16-33-24-26-25-22(20-11-6-14-32-20)29(24)19-9-3-2-4-10-19/h2-4,6,9-11,14,17-18H,5,7-8,12-13,15-16H2,1H3. The van der Waals surface area contributed by atoms with Crippen LogP contribution in [0.2, 0.25) is 0 Å². The van der Waals surface area contributed by atoms with Crippen LogP contribution in [0.4, 0.5) is 0 Å². The predicted molar refractivity (Wildman–Crippen MR) is 130 cm³/mol. The van der Waals surface area contributed by atoms with Crippen LogP contribution < -0.4 is 0 Å². The van der Waals surface area contributed by atoms with Crippen molar-refractivity contribution in [3.05, 3.63) is 47.8 Å². The third kappa shape index (κ3) is 4.56. The summed E-state index contributed by atoms with van der Waals surface area (Å²) in [7, 11) is 0. The third-order valence-corrected chi connectivity index (χ3v) is 8.21. The molecule has 3 aromatic rings. The van der Waals surface area contributed by atoms with Crippen LogP contribution in [0.1, 0.15) is 26.2 Å². The highest BCUT2D eigenvalue weighted by atomic mass is 32.2. The molecule has 1 unspecified atom stereocenters. The van der Waals surface area contributed by atoms with E-state index in [0.717, 1.165) is 35.7 Å². The molecule has 1 saturated carbocycles. The van der Waals surface area contributed by atoms with E-state index < -0.39 is 0 Å². The van der Waals surface area contributed by atoms with Gasteiger partial charge in [-0.25, -0.2) is 0 Å². The molecule has 2 aliphatic rings. The van der Waals surface area contributed by atoms with E-state index in [1.54, 1.807) is 11.3 Å². The monoisotopic (exact) mass is 481 g/mol. The average molecular weight is 482 g/mol. The van der Waals surface area contributed by atoms with Crippen LogP contribution >= 0.6 is 23.1 Å². The Labute approximate surface area is 201 Å². The molecule has 3 heterocycles. The van der Waals surface area contributed by atoms with Crippen LogP contribution in [0.15, 0.2) is 53.0 Å². The minimum Gasteiger partial charge on any atom is -0.338 e. The minimum atomic E-state index is 0.0548. The van der Waals surface area contributed by atoms with E-state index >= 15 is 0 Å². The van der Waals surface area contributed by atoms with Gasteiger partial charge in [0.15, 0.2) is 11.0 Å². The molecule has 1 aromatic carbocycles. The Morgan fingerprint density at radius 2 is 1.91 bits per heavy atom. The van der Waals surface area contributed by atoms with Crippen LogP contribution in [0, 0.1) is 5.92 Å². The summed E-state index contributed by atoms with van der Waals surface area (Å²) in [5, 5.41) is 11.6. The highest BCUT2D eigenvalue weighted by Crippen LogP contribution is 2.31. The SMILES string of the molecule is CC1CN(C(=O)CSc2nnc(-c3cccs3)n2-c2ccccc2)CCN1C(=O)C1CCC1. The summed E-state index contributed by atoms with van der Waals surface area (Å²) in [6.07, 6.45) is 3.18. The van der Waals surface area contributed by atoms with Crippen LogP contribution in [-0.2, 0) is 9.59 Å². The summed E-state index contributed by atoms with van der Waals surface area (Å²) < 4.78 is 2.02. The molecule has 1 aliphatic carbocycles. The summed E-state index contributed by atoms with van der Waals surface area (Å²) >= 11 is 3.03. The zero-order valence-corrected chi connectivity index (χ0v) is 20.2. The number of hydrogen-bond acceptors (Lipinski definition) is 6. The largest absolute Gasteiger partial charge is 0.338 e. The molecule has 5 rings (SSSR count). The smallest absolute Gasteiger partial charge is 0.233 e. The maximum Gasteiger partial charge on any atom is 0.233 e. The summed E-state index contributed by atoms with van der Waals surface area (Å²) in [6.45, 7) is 3.84. The topological polar surface area (TPSA) is 71.3 Å². The van der Waals surface area contributed by atoms with E-state index in [4.69, 9.17) is 0 Å². The maximum absolute atomic E-state index is 13.0. The molecule has 0 N–H and O–H groups in total. The van der Waals surface area contributed by atoms with E-state index in [2.05, 4.69) is 10.2 Å². The number of nitrogens with zero attached hydrogens (tertiary/aromatic N) is 5. The second kappa shape index (κ2) is 9.69. The van der Waals surface area contributed by atoms with Gasteiger partial charge in [-0.15, -0.1) is 21.5 Å². The van der Waals surface area contributed by atoms with Gasteiger partial charge < -0.3 is 9.80 Å². The van der Waals surface area contributed by atoms with Gasteiger partial charge in [-0.1, -0.05) is 42.4 Å². The number of para-hydroxylation sites is 1. The highest BCUT2D eigenvalue weighted by Gasteiger charge is 2.35. The third-order valence-electron chi connectivity index (χ3n) is 6.43. The molecule has 0 radical (unpaired) electrons. The first-order valence-corrected chi connectivity index (χ1v) is 13.2. The Kier molecular flexibility index (Phi) is 6.50. The van der Waals surface area contributed by atoms with Crippen molar-refractivity contribution in [1.29, 1.82) is 0 Å². The van der Waals surface area contributed by atoms with Crippen molar-refractivity contribution in [2.75, 3.05) is 25.4 Å². The van der Waals surface area contributed by atoms with Gasteiger partial charge in [0.25, 0.3) is 0 Å². The van der Waals surface area contributed by atoms with Gasteiger partial charge in [0.05, 0.1) is 10.6 Å². The lowest BCUT2D eigenvalue weighted by Crippen LogP contribution is -2.57. The van der Waals surface area contributed by atoms with Gasteiger partial charge in [-0.3, -0.25) is 14.2 Å². The van der Waals surface area contributed by atoms with Gasteiger partial charge in [-0.05, 0) is 43.3 Å². The molecule has 1 aliphatic heterocycles. The fraction of sp³-hybridized carbons (Fsp3) is 0.417.